The second-order valence-electron chi connectivity index (χ2n) is 8.03. The van der Waals surface area contributed by atoms with Crippen molar-refractivity contribution in [3.8, 4) is 0 Å². The number of likely N-dealkylation sites (tertiary alicyclic amines) is 1. The van der Waals surface area contributed by atoms with Crippen LogP contribution in [0.2, 0.25) is 0 Å². The number of carbonyl (C=O) groups excluding carboxylic acids is 3. The van der Waals surface area contributed by atoms with Crippen LogP contribution in [0.15, 0.2) is 12.5 Å². The molecule has 1 saturated heterocycles. The number of rotatable bonds is 11. The maximum absolute atomic E-state index is 13.4. The highest BCUT2D eigenvalue weighted by atomic mass is 32.1. The standard InChI is InChI=1S/C20H32N6O5S/c1-3-11(2)16(25-17(27)13(21)7-12-8-22-10-23-12)19(29)26-6-4-5-15(26)18(28)24-14(9-32)20(30)31/h8,10-11,13-16,32H,3-7,9,21H2,1-2H3,(H,22,23)(H,24,28)(H,25,27)(H,30,31). The molecule has 11 nitrogen and oxygen atoms in total. The second kappa shape index (κ2) is 11.9. The third-order valence-corrected chi connectivity index (χ3v) is 6.11. The Labute approximate surface area is 192 Å². The average Bonchev–Trinajstić information content (AvgIpc) is 3.46. The molecule has 0 bridgehead atoms. The number of carbonyl (C=O) groups is 4. The van der Waals surface area contributed by atoms with Gasteiger partial charge in [-0.1, -0.05) is 20.3 Å². The molecule has 0 radical (unpaired) electrons. The lowest BCUT2D eigenvalue weighted by atomic mass is 9.96. The predicted octanol–water partition coefficient (Wildman–Crippen LogP) is -0.699. The van der Waals surface area contributed by atoms with Crippen LogP contribution in [0.4, 0.5) is 0 Å². The minimum atomic E-state index is -1.19. The summed E-state index contributed by atoms with van der Waals surface area (Å²) in [6.45, 7) is 4.09. The zero-order chi connectivity index (χ0) is 23.8. The zero-order valence-electron chi connectivity index (χ0n) is 18.3. The number of nitrogens with two attached hydrogens (primary N) is 1. The van der Waals surface area contributed by atoms with Gasteiger partial charge in [-0.3, -0.25) is 14.4 Å². The highest BCUT2D eigenvalue weighted by Gasteiger charge is 2.40. The summed E-state index contributed by atoms with van der Waals surface area (Å²) in [7, 11) is 0. The first-order chi connectivity index (χ1) is 15.2. The molecule has 0 aliphatic carbocycles. The van der Waals surface area contributed by atoms with E-state index in [1.54, 1.807) is 6.20 Å². The number of nitrogens with one attached hydrogen (secondary N) is 3. The van der Waals surface area contributed by atoms with Crippen molar-refractivity contribution in [3.05, 3.63) is 18.2 Å². The zero-order valence-corrected chi connectivity index (χ0v) is 19.2. The van der Waals surface area contributed by atoms with Gasteiger partial charge in [0.25, 0.3) is 0 Å². The molecule has 1 aliphatic rings. The van der Waals surface area contributed by atoms with E-state index in [0.717, 1.165) is 0 Å². The van der Waals surface area contributed by atoms with Gasteiger partial charge in [0.05, 0.1) is 12.4 Å². The molecule has 6 N–H and O–H groups in total. The Hall–Kier alpha value is -2.60. The van der Waals surface area contributed by atoms with Crippen LogP contribution in [-0.2, 0) is 25.6 Å². The lowest BCUT2D eigenvalue weighted by molar-refractivity contribution is -0.145. The lowest BCUT2D eigenvalue weighted by Crippen LogP contribution is -2.58. The van der Waals surface area contributed by atoms with Gasteiger partial charge >= 0.3 is 5.97 Å². The molecule has 0 saturated carbocycles. The van der Waals surface area contributed by atoms with E-state index < -0.39 is 42.0 Å². The van der Waals surface area contributed by atoms with Gasteiger partial charge in [0, 0.05) is 30.6 Å². The van der Waals surface area contributed by atoms with E-state index >= 15 is 0 Å². The third-order valence-electron chi connectivity index (χ3n) is 5.74. The largest absolute Gasteiger partial charge is 0.480 e. The maximum atomic E-state index is 13.4. The summed E-state index contributed by atoms with van der Waals surface area (Å²) < 4.78 is 0. The van der Waals surface area contributed by atoms with Crippen LogP contribution in [0.3, 0.4) is 0 Å². The molecule has 1 aliphatic heterocycles. The minimum Gasteiger partial charge on any atom is -0.480 e. The smallest absolute Gasteiger partial charge is 0.327 e. The summed E-state index contributed by atoms with van der Waals surface area (Å²) in [5.74, 6) is -2.85. The maximum Gasteiger partial charge on any atom is 0.327 e. The number of hydrogen-bond donors (Lipinski definition) is 6. The van der Waals surface area contributed by atoms with E-state index in [4.69, 9.17) is 10.8 Å². The molecule has 12 heteroatoms. The summed E-state index contributed by atoms with van der Waals surface area (Å²) >= 11 is 3.95. The lowest BCUT2D eigenvalue weighted by Gasteiger charge is -2.32. The molecule has 0 aromatic carbocycles. The van der Waals surface area contributed by atoms with Gasteiger partial charge in [-0.15, -0.1) is 0 Å². The Morgan fingerprint density at radius 2 is 2.09 bits per heavy atom. The molecule has 0 spiro atoms. The number of thiol groups is 1. The molecule has 2 rings (SSSR count). The van der Waals surface area contributed by atoms with Gasteiger partial charge in [0.15, 0.2) is 0 Å². The normalized spacial score (nSPS) is 19.6. The van der Waals surface area contributed by atoms with Crippen molar-refractivity contribution in [1.82, 2.24) is 25.5 Å². The summed E-state index contributed by atoms with van der Waals surface area (Å²) in [6.07, 6.45) is 4.94. The molecule has 1 fully saturated rings. The number of carboxylic acid groups (broad SMARTS) is 1. The number of aliphatic carboxylic acids is 1. The molecule has 32 heavy (non-hydrogen) atoms. The minimum absolute atomic E-state index is 0.0679. The Morgan fingerprint density at radius 3 is 2.66 bits per heavy atom. The van der Waals surface area contributed by atoms with Crippen molar-refractivity contribution in [2.75, 3.05) is 12.3 Å². The van der Waals surface area contributed by atoms with E-state index in [1.807, 2.05) is 13.8 Å². The van der Waals surface area contributed by atoms with E-state index in [2.05, 4.69) is 33.2 Å². The van der Waals surface area contributed by atoms with Crippen LogP contribution in [0.1, 0.15) is 38.8 Å². The molecule has 3 amide bonds. The van der Waals surface area contributed by atoms with Crippen LogP contribution < -0.4 is 16.4 Å². The van der Waals surface area contributed by atoms with Crippen LogP contribution >= 0.6 is 12.6 Å². The van der Waals surface area contributed by atoms with Crippen molar-refractivity contribution in [3.63, 3.8) is 0 Å². The number of aromatic amines is 1. The van der Waals surface area contributed by atoms with Gasteiger partial charge in [-0.25, -0.2) is 9.78 Å². The van der Waals surface area contributed by atoms with Crippen molar-refractivity contribution in [1.29, 1.82) is 0 Å². The molecule has 2 heterocycles. The molecular weight excluding hydrogens is 436 g/mol. The van der Waals surface area contributed by atoms with Crippen molar-refractivity contribution < 1.29 is 24.3 Å². The van der Waals surface area contributed by atoms with Gasteiger partial charge < -0.3 is 31.4 Å². The molecular formula is C20H32N6O5S. The van der Waals surface area contributed by atoms with Crippen LogP contribution in [-0.4, -0.2) is 80.1 Å². The first kappa shape index (κ1) is 25.7. The Bertz CT molecular complexity index is 804. The molecule has 1 aromatic heterocycles. The Morgan fingerprint density at radius 1 is 1.38 bits per heavy atom. The number of carboxylic acids is 1. The fourth-order valence-electron chi connectivity index (χ4n) is 3.60. The van der Waals surface area contributed by atoms with E-state index in [1.165, 1.54) is 11.2 Å². The van der Waals surface area contributed by atoms with Crippen molar-refractivity contribution in [2.24, 2.45) is 11.7 Å². The highest BCUT2D eigenvalue weighted by Crippen LogP contribution is 2.22. The number of aromatic nitrogens is 2. The Kier molecular flexibility index (Phi) is 9.51. The first-order valence-electron chi connectivity index (χ1n) is 10.7. The number of amides is 3. The third kappa shape index (κ3) is 6.45. The van der Waals surface area contributed by atoms with Gasteiger partial charge in [-0.05, 0) is 18.8 Å². The van der Waals surface area contributed by atoms with E-state index in [-0.39, 0.29) is 24.0 Å². The first-order valence-corrected chi connectivity index (χ1v) is 11.3. The quantitative estimate of drug-likeness (QED) is 0.233. The molecule has 5 atom stereocenters. The van der Waals surface area contributed by atoms with E-state index in [9.17, 15) is 19.2 Å². The van der Waals surface area contributed by atoms with Gasteiger partial charge in [0.1, 0.15) is 18.1 Å². The highest BCUT2D eigenvalue weighted by molar-refractivity contribution is 7.80. The van der Waals surface area contributed by atoms with Crippen LogP contribution in [0.25, 0.3) is 0 Å². The van der Waals surface area contributed by atoms with Gasteiger partial charge in [0.2, 0.25) is 17.7 Å². The predicted molar refractivity (Wildman–Crippen MR) is 120 cm³/mol. The summed E-state index contributed by atoms with van der Waals surface area (Å²) in [5, 5.41) is 14.4. The number of imidazole rings is 1. The fraction of sp³-hybridized carbons (Fsp3) is 0.650. The number of hydrogen-bond acceptors (Lipinski definition) is 7. The molecule has 1 aromatic rings. The van der Waals surface area contributed by atoms with Crippen LogP contribution in [0.5, 0.6) is 0 Å². The van der Waals surface area contributed by atoms with Crippen LogP contribution in [0, 0.1) is 5.92 Å². The van der Waals surface area contributed by atoms with Crippen molar-refractivity contribution >= 4 is 36.3 Å². The monoisotopic (exact) mass is 468 g/mol. The summed E-state index contributed by atoms with van der Waals surface area (Å²) in [5.41, 5.74) is 6.72. The van der Waals surface area contributed by atoms with Crippen molar-refractivity contribution in [2.45, 2.75) is 63.7 Å². The topological polar surface area (TPSA) is 171 Å². The fourth-order valence-corrected chi connectivity index (χ4v) is 3.85. The van der Waals surface area contributed by atoms with Gasteiger partial charge in [-0.2, -0.15) is 12.6 Å². The molecule has 5 unspecified atom stereocenters. The summed E-state index contributed by atoms with van der Waals surface area (Å²) in [4.78, 5) is 58.2. The molecule has 178 valence electrons. The number of H-pyrrole nitrogens is 1. The summed E-state index contributed by atoms with van der Waals surface area (Å²) in [6, 6.07) is -3.67. The van der Waals surface area contributed by atoms with E-state index in [0.29, 0.717) is 31.5 Å². The second-order valence-corrected chi connectivity index (χ2v) is 8.40. The average molecular weight is 469 g/mol. The number of nitrogens with zero attached hydrogens (tertiary/aromatic N) is 2. The SMILES string of the molecule is CCC(C)C(NC(=O)C(N)Cc1cnc[nH]1)C(=O)N1CCCC1C(=O)NC(CS)C(=O)O. The Balaban J connectivity index is 2.10.